The van der Waals surface area contributed by atoms with E-state index in [0.717, 1.165) is 37.1 Å². The molecule has 1 amide bonds. The number of aliphatic hydroxyl groups excluding tert-OH is 1. The van der Waals surface area contributed by atoms with Crippen LogP contribution in [0.4, 0.5) is 4.39 Å². The molecule has 0 bridgehead atoms. The van der Waals surface area contributed by atoms with E-state index in [2.05, 4.69) is 4.90 Å². The minimum atomic E-state index is -0.417. The molecule has 3 rings (SSSR count). The zero-order chi connectivity index (χ0) is 20.6. The Bertz CT molecular complexity index is 770. The first kappa shape index (κ1) is 21.5. The molecule has 29 heavy (non-hydrogen) atoms. The van der Waals surface area contributed by atoms with Gasteiger partial charge in [-0.05, 0) is 62.5 Å². The number of likely N-dealkylation sites (tertiary alicyclic amines) is 1. The molecule has 0 radical (unpaired) electrons. The summed E-state index contributed by atoms with van der Waals surface area (Å²) in [5.41, 5.74) is 3.08. The number of hydrogen-bond donors (Lipinski definition) is 1. The lowest BCUT2D eigenvalue weighted by molar-refractivity contribution is -0.138. The first-order valence-electron chi connectivity index (χ1n) is 10.5. The van der Waals surface area contributed by atoms with E-state index in [1.54, 1.807) is 12.1 Å². The van der Waals surface area contributed by atoms with Crippen LogP contribution in [0.2, 0.25) is 0 Å². The predicted octanol–water partition coefficient (Wildman–Crippen LogP) is 4.07. The lowest BCUT2D eigenvalue weighted by Crippen LogP contribution is -2.45. The van der Waals surface area contributed by atoms with Crippen LogP contribution in [-0.2, 0) is 11.3 Å². The Morgan fingerprint density at radius 1 is 1.07 bits per heavy atom. The summed E-state index contributed by atoms with van der Waals surface area (Å²) in [6.45, 7) is 4.82. The van der Waals surface area contributed by atoms with Crippen LogP contribution in [0.15, 0.2) is 48.5 Å². The summed E-state index contributed by atoms with van der Waals surface area (Å²) in [5.74, 6) is -0.275. The fraction of sp³-hybridized carbons (Fsp3) is 0.458. The molecular formula is C24H31FN2O2. The van der Waals surface area contributed by atoms with Crippen LogP contribution >= 0.6 is 0 Å². The number of amides is 1. The highest BCUT2D eigenvalue weighted by molar-refractivity contribution is 5.83. The Balaban J connectivity index is 1.87. The highest BCUT2D eigenvalue weighted by atomic mass is 19.1. The van der Waals surface area contributed by atoms with Gasteiger partial charge in [-0.3, -0.25) is 9.69 Å². The van der Waals surface area contributed by atoms with Crippen LogP contribution in [0, 0.1) is 12.7 Å². The third-order valence-electron chi connectivity index (χ3n) is 5.57. The normalized spacial score (nSPS) is 15.8. The molecule has 1 unspecified atom stereocenters. The van der Waals surface area contributed by atoms with E-state index in [1.807, 2.05) is 36.1 Å². The van der Waals surface area contributed by atoms with E-state index in [4.69, 9.17) is 0 Å². The van der Waals surface area contributed by atoms with Crippen molar-refractivity contribution in [2.45, 2.75) is 45.2 Å². The van der Waals surface area contributed by atoms with Crippen molar-refractivity contribution in [2.75, 3.05) is 26.2 Å². The van der Waals surface area contributed by atoms with Crippen molar-refractivity contribution >= 4 is 5.91 Å². The Hall–Kier alpha value is -2.24. The predicted molar refractivity (Wildman–Crippen MR) is 113 cm³/mol. The molecular weight excluding hydrogens is 367 g/mol. The number of carbonyl (C=O) groups excluding carboxylic acids is 1. The number of aliphatic hydroxyl groups is 1. The van der Waals surface area contributed by atoms with E-state index >= 15 is 0 Å². The molecule has 1 atom stereocenters. The topological polar surface area (TPSA) is 43.8 Å². The Labute approximate surface area is 173 Å². The number of piperidine rings is 1. The van der Waals surface area contributed by atoms with E-state index in [9.17, 15) is 14.3 Å². The van der Waals surface area contributed by atoms with Crippen molar-refractivity contribution in [2.24, 2.45) is 0 Å². The van der Waals surface area contributed by atoms with Crippen LogP contribution in [0.3, 0.4) is 0 Å². The molecule has 0 aliphatic carbocycles. The smallest absolute Gasteiger partial charge is 0.244 e. The monoisotopic (exact) mass is 398 g/mol. The van der Waals surface area contributed by atoms with Crippen molar-refractivity contribution in [3.8, 4) is 0 Å². The molecule has 156 valence electrons. The second-order valence-corrected chi connectivity index (χ2v) is 7.87. The molecule has 0 aromatic heterocycles. The highest BCUT2D eigenvalue weighted by Crippen LogP contribution is 2.28. The zero-order valence-corrected chi connectivity index (χ0v) is 17.2. The second-order valence-electron chi connectivity index (χ2n) is 7.87. The van der Waals surface area contributed by atoms with E-state index in [1.165, 1.54) is 24.1 Å². The SMILES string of the molecule is Cc1ccc(CN(CCCO)C(=O)C(c2ccc(F)cc2)N2CCCCC2)cc1. The number of rotatable bonds is 8. The molecule has 0 saturated carbocycles. The maximum Gasteiger partial charge on any atom is 0.244 e. The van der Waals surface area contributed by atoms with E-state index in [-0.39, 0.29) is 18.3 Å². The summed E-state index contributed by atoms with van der Waals surface area (Å²) in [4.78, 5) is 17.8. The van der Waals surface area contributed by atoms with Crippen molar-refractivity contribution < 1.29 is 14.3 Å². The van der Waals surface area contributed by atoms with Gasteiger partial charge in [-0.15, -0.1) is 0 Å². The van der Waals surface area contributed by atoms with Crippen molar-refractivity contribution in [1.29, 1.82) is 0 Å². The fourth-order valence-corrected chi connectivity index (χ4v) is 3.95. The third kappa shape index (κ3) is 5.87. The van der Waals surface area contributed by atoms with Gasteiger partial charge >= 0.3 is 0 Å². The minimum absolute atomic E-state index is 0.0209. The summed E-state index contributed by atoms with van der Waals surface area (Å²) in [5, 5.41) is 9.34. The summed E-state index contributed by atoms with van der Waals surface area (Å²) in [7, 11) is 0. The fourth-order valence-electron chi connectivity index (χ4n) is 3.95. The van der Waals surface area contributed by atoms with Gasteiger partial charge in [0.2, 0.25) is 5.91 Å². The molecule has 1 saturated heterocycles. The second kappa shape index (κ2) is 10.5. The molecule has 2 aromatic rings. The number of hydrogen-bond acceptors (Lipinski definition) is 3. The minimum Gasteiger partial charge on any atom is -0.396 e. The zero-order valence-electron chi connectivity index (χ0n) is 17.2. The van der Waals surface area contributed by atoms with Gasteiger partial charge in [0.25, 0.3) is 0 Å². The first-order valence-corrected chi connectivity index (χ1v) is 10.5. The van der Waals surface area contributed by atoms with E-state index < -0.39 is 6.04 Å². The molecule has 1 aliphatic heterocycles. The number of benzene rings is 2. The van der Waals surface area contributed by atoms with Gasteiger partial charge in [-0.1, -0.05) is 48.4 Å². The van der Waals surface area contributed by atoms with Gasteiger partial charge in [0.1, 0.15) is 11.9 Å². The van der Waals surface area contributed by atoms with Gasteiger partial charge in [0.05, 0.1) is 0 Å². The molecule has 1 heterocycles. The van der Waals surface area contributed by atoms with Crippen LogP contribution in [0.25, 0.3) is 0 Å². The number of halogens is 1. The van der Waals surface area contributed by atoms with Gasteiger partial charge in [-0.25, -0.2) is 4.39 Å². The number of carbonyl (C=O) groups is 1. The average molecular weight is 399 g/mol. The summed E-state index contributed by atoms with van der Waals surface area (Å²) < 4.78 is 13.5. The molecule has 1 aliphatic rings. The van der Waals surface area contributed by atoms with Crippen molar-refractivity contribution in [3.05, 3.63) is 71.0 Å². The maximum absolute atomic E-state index is 13.7. The van der Waals surface area contributed by atoms with Gasteiger partial charge < -0.3 is 10.0 Å². The van der Waals surface area contributed by atoms with Gasteiger partial charge in [0.15, 0.2) is 0 Å². The molecule has 5 heteroatoms. The lowest BCUT2D eigenvalue weighted by Gasteiger charge is -2.37. The van der Waals surface area contributed by atoms with Gasteiger partial charge in [0, 0.05) is 19.7 Å². The van der Waals surface area contributed by atoms with Crippen LogP contribution < -0.4 is 0 Å². The van der Waals surface area contributed by atoms with Crippen molar-refractivity contribution in [3.63, 3.8) is 0 Å². The number of aryl methyl sites for hydroxylation is 1. The van der Waals surface area contributed by atoms with E-state index in [0.29, 0.717) is 19.5 Å². The molecule has 4 nitrogen and oxygen atoms in total. The largest absolute Gasteiger partial charge is 0.396 e. The number of nitrogens with zero attached hydrogens (tertiary/aromatic N) is 2. The molecule has 2 aromatic carbocycles. The van der Waals surface area contributed by atoms with Crippen LogP contribution in [0.1, 0.15) is 48.4 Å². The Morgan fingerprint density at radius 3 is 2.34 bits per heavy atom. The van der Waals surface area contributed by atoms with Crippen molar-refractivity contribution in [1.82, 2.24) is 9.80 Å². The van der Waals surface area contributed by atoms with Crippen LogP contribution in [0.5, 0.6) is 0 Å². The average Bonchev–Trinajstić information content (AvgIpc) is 2.75. The van der Waals surface area contributed by atoms with Crippen LogP contribution in [-0.4, -0.2) is 47.1 Å². The first-order chi connectivity index (χ1) is 14.1. The summed E-state index contributed by atoms with van der Waals surface area (Å²) in [6.07, 6.45) is 3.85. The Kier molecular flexibility index (Phi) is 7.78. The van der Waals surface area contributed by atoms with Gasteiger partial charge in [-0.2, -0.15) is 0 Å². The third-order valence-corrected chi connectivity index (χ3v) is 5.57. The quantitative estimate of drug-likeness (QED) is 0.729. The molecule has 0 spiro atoms. The highest BCUT2D eigenvalue weighted by Gasteiger charge is 2.32. The standard InChI is InChI=1S/C24H31FN2O2/c1-19-6-8-20(9-7-19)18-27(16-5-17-28)24(29)23(26-14-3-2-4-15-26)21-10-12-22(25)13-11-21/h6-13,23,28H,2-5,14-18H2,1H3. The summed E-state index contributed by atoms with van der Waals surface area (Å²) >= 11 is 0. The Morgan fingerprint density at radius 2 is 1.72 bits per heavy atom. The molecule has 1 N–H and O–H groups in total. The maximum atomic E-state index is 13.7. The summed E-state index contributed by atoms with van der Waals surface area (Å²) in [6, 6.07) is 14.1. The molecule has 1 fully saturated rings. The lowest BCUT2D eigenvalue weighted by atomic mass is 9.99.